The van der Waals surface area contributed by atoms with E-state index >= 15 is 0 Å². The van der Waals surface area contributed by atoms with E-state index < -0.39 is 5.54 Å². The van der Waals surface area contributed by atoms with Crippen molar-refractivity contribution in [1.29, 1.82) is 5.26 Å². The molecule has 216 valence electrons. The monoisotopic (exact) mass is 566 g/mol. The SMILES string of the molecule is CN(C)C(C)(C)/C=C(/C#N)C(=O)N1CCC(n2c(=O)n(-c3ccc(Oc4ccccc4)cc3)c3c(N)ncnc32)CC1. The Morgan fingerprint density at radius 1 is 1.07 bits per heavy atom. The van der Waals surface area contributed by atoms with Crippen molar-refractivity contribution in [3.8, 4) is 23.3 Å². The number of piperidine rings is 1. The number of para-hydroxylation sites is 1. The van der Waals surface area contributed by atoms with E-state index in [1.807, 2.05) is 63.2 Å². The van der Waals surface area contributed by atoms with Gasteiger partial charge >= 0.3 is 5.69 Å². The summed E-state index contributed by atoms with van der Waals surface area (Å²) >= 11 is 0. The summed E-state index contributed by atoms with van der Waals surface area (Å²) in [5.41, 5.74) is 7.11. The second-order valence-corrected chi connectivity index (χ2v) is 11.1. The first-order chi connectivity index (χ1) is 20.1. The Labute approximate surface area is 244 Å². The van der Waals surface area contributed by atoms with E-state index in [1.54, 1.807) is 39.8 Å². The normalized spacial score (nSPS) is 14.8. The summed E-state index contributed by atoms with van der Waals surface area (Å²) in [6.07, 6.45) is 4.10. The zero-order valence-corrected chi connectivity index (χ0v) is 24.2. The highest BCUT2D eigenvalue weighted by Crippen LogP contribution is 2.30. The standard InChI is InChI=1S/C31H34N8O3/c1-31(2,36(3)4)18-21(19-32)29(40)37-16-14-23(15-17-37)39-28-26(27(33)34-20-35-28)38(30(39)41)22-10-12-25(13-11-22)42-24-8-6-5-7-9-24/h5-13,18,20,23H,14-17H2,1-4H3,(H2,33,34,35)/b21-18-. The number of carbonyl (C=O) groups is 1. The lowest BCUT2D eigenvalue weighted by molar-refractivity contribution is -0.128. The zero-order valence-electron chi connectivity index (χ0n) is 24.2. The topological polar surface area (TPSA) is 135 Å². The number of imidazole rings is 1. The summed E-state index contributed by atoms with van der Waals surface area (Å²) in [5.74, 6) is 1.23. The van der Waals surface area contributed by atoms with Gasteiger partial charge in [-0.15, -0.1) is 0 Å². The van der Waals surface area contributed by atoms with E-state index in [0.29, 0.717) is 54.3 Å². The third-order valence-corrected chi connectivity index (χ3v) is 7.87. The van der Waals surface area contributed by atoms with Crippen molar-refractivity contribution in [2.24, 2.45) is 0 Å². The summed E-state index contributed by atoms with van der Waals surface area (Å²) in [6.45, 7) is 4.69. The molecule has 2 aromatic heterocycles. The molecule has 1 aliphatic rings. The first kappa shape index (κ1) is 28.6. The van der Waals surface area contributed by atoms with Crippen molar-refractivity contribution in [2.75, 3.05) is 32.9 Å². The number of hydrogen-bond acceptors (Lipinski definition) is 8. The number of likely N-dealkylation sites (N-methyl/N-ethyl adjacent to an activating group) is 1. The Morgan fingerprint density at radius 3 is 2.33 bits per heavy atom. The predicted molar refractivity (Wildman–Crippen MR) is 160 cm³/mol. The number of hydrogen-bond donors (Lipinski definition) is 1. The van der Waals surface area contributed by atoms with Gasteiger partial charge in [0.15, 0.2) is 11.5 Å². The molecule has 0 radical (unpaired) electrons. The summed E-state index contributed by atoms with van der Waals surface area (Å²) in [5, 5.41) is 9.72. The van der Waals surface area contributed by atoms with Gasteiger partial charge < -0.3 is 20.3 Å². The molecule has 1 saturated heterocycles. The van der Waals surface area contributed by atoms with Gasteiger partial charge in [-0.3, -0.25) is 13.9 Å². The fraction of sp³-hybridized carbons (Fsp3) is 0.323. The van der Waals surface area contributed by atoms with Crippen LogP contribution in [-0.2, 0) is 4.79 Å². The number of nitriles is 1. The molecule has 11 heteroatoms. The molecule has 42 heavy (non-hydrogen) atoms. The van der Waals surface area contributed by atoms with Gasteiger partial charge in [-0.2, -0.15) is 5.26 Å². The van der Waals surface area contributed by atoms with Crippen LogP contribution in [0.4, 0.5) is 5.82 Å². The van der Waals surface area contributed by atoms with Gasteiger partial charge in [-0.05, 0) is 83.3 Å². The van der Waals surface area contributed by atoms with Crippen LogP contribution in [0.3, 0.4) is 0 Å². The van der Waals surface area contributed by atoms with Gasteiger partial charge in [0.25, 0.3) is 5.91 Å². The number of nitrogen functional groups attached to an aromatic ring is 1. The smallest absolute Gasteiger partial charge is 0.335 e. The number of carbonyl (C=O) groups excluding carboxylic acids is 1. The number of benzene rings is 2. The minimum Gasteiger partial charge on any atom is -0.457 e. The number of aromatic nitrogens is 4. The Hall–Kier alpha value is -4.95. The summed E-state index contributed by atoms with van der Waals surface area (Å²) in [4.78, 5) is 39.4. The lowest BCUT2D eigenvalue weighted by Gasteiger charge is -2.33. The van der Waals surface area contributed by atoms with E-state index in [9.17, 15) is 14.9 Å². The van der Waals surface area contributed by atoms with E-state index in [4.69, 9.17) is 10.5 Å². The minimum atomic E-state index is -0.459. The van der Waals surface area contributed by atoms with Crippen molar-refractivity contribution >= 4 is 22.9 Å². The van der Waals surface area contributed by atoms with Gasteiger partial charge in [-0.25, -0.2) is 14.8 Å². The summed E-state index contributed by atoms with van der Waals surface area (Å²) in [6, 6.07) is 18.5. The maximum absolute atomic E-state index is 13.9. The average Bonchev–Trinajstić information content (AvgIpc) is 3.29. The number of nitrogens with zero attached hydrogens (tertiary/aromatic N) is 7. The lowest BCUT2D eigenvalue weighted by Crippen LogP contribution is -2.42. The van der Waals surface area contributed by atoms with Crippen molar-refractivity contribution in [2.45, 2.75) is 38.3 Å². The van der Waals surface area contributed by atoms with Gasteiger partial charge in [0, 0.05) is 24.7 Å². The van der Waals surface area contributed by atoms with Crippen molar-refractivity contribution in [3.63, 3.8) is 0 Å². The van der Waals surface area contributed by atoms with Crippen LogP contribution in [-0.4, -0.2) is 67.5 Å². The third kappa shape index (κ3) is 5.49. The van der Waals surface area contributed by atoms with E-state index in [2.05, 4.69) is 16.0 Å². The molecule has 0 spiro atoms. The lowest BCUT2D eigenvalue weighted by atomic mass is 9.98. The van der Waals surface area contributed by atoms with Gasteiger partial charge in [0.2, 0.25) is 0 Å². The number of ether oxygens (including phenoxy) is 1. The van der Waals surface area contributed by atoms with Crippen molar-refractivity contribution < 1.29 is 9.53 Å². The molecule has 0 unspecified atom stereocenters. The summed E-state index contributed by atoms with van der Waals surface area (Å²) < 4.78 is 9.08. The van der Waals surface area contributed by atoms with Crippen LogP contribution >= 0.6 is 0 Å². The molecule has 0 atom stereocenters. The quantitative estimate of drug-likeness (QED) is 0.263. The first-order valence-electron chi connectivity index (χ1n) is 13.8. The largest absolute Gasteiger partial charge is 0.457 e. The van der Waals surface area contributed by atoms with Crippen LogP contribution in [0.5, 0.6) is 11.5 Å². The number of fused-ring (bicyclic) bond motifs is 1. The third-order valence-electron chi connectivity index (χ3n) is 7.87. The van der Waals surface area contributed by atoms with E-state index in [-0.39, 0.29) is 29.0 Å². The molecule has 0 aliphatic carbocycles. The Balaban J connectivity index is 1.41. The average molecular weight is 567 g/mol. The van der Waals surface area contributed by atoms with Gasteiger partial charge in [0.1, 0.15) is 35.0 Å². The van der Waals surface area contributed by atoms with Crippen LogP contribution in [0.15, 0.2) is 77.4 Å². The zero-order chi connectivity index (χ0) is 30.0. The van der Waals surface area contributed by atoms with Crippen LogP contribution in [0.2, 0.25) is 0 Å². The second-order valence-electron chi connectivity index (χ2n) is 11.1. The fourth-order valence-electron chi connectivity index (χ4n) is 5.05. The number of amides is 1. The molecule has 2 aromatic carbocycles. The Morgan fingerprint density at radius 2 is 1.71 bits per heavy atom. The molecule has 1 amide bonds. The van der Waals surface area contributed by atoms with Crippen LogP contribution < -0.4 is 16.2 Å². The van der Waals surface area contributed by atoms with Crippen LogP contribution in [0.25, 0.3) is 16.9 Å². The predicted octanol–water partition coefficient (Wildman–Crippen LogP) is 3.91. The highest BCUT2D eigenvalue weighted by molar-refractivity contribution is 5.97. The van der Waals surface area contributed by atoms with E-state index in [1.165, 1.54) is 10.9 Å². The molecule has 2 N–H and O–H groups in total. The van der Waals surface area contributed by atoms with Crippen LogP contribution in [0.1, 0.15) is 32.7 Å². The maximum atomic E-state index is 13.9. The molecule has 3 heterocycles. The summed E-state index contributed by atoms with van der Waals surface area (Å²) in [7, 11) is 3.80. The number of likely N-dealkylation sites (tertiary alicyclic amines) is 1. The fourth-order valence-corrected chi connectivity index (χ4v) is 5.05. The second kappa shape index (κ2) is 11.5. The molecule has 11 nitrogen and oxygen atoms in total. The molecule has 4 aromatic rings. The Kier molecular flexibility index (Phi) is 7.83. The van der Waals surface area contributed by atoms with Gasteiger partial charge in [-0.1, -0.05) is 18.2 Å². The Bertz CT molecular complexity index is 1720. The maximum Gasteiger partial charge on any atom is 0.335 e. The van der Waals surface area contributed by atoms with Crippen molar-refractivity contribution in [1.82, 2.24) is 28.9 Å². The highest BCUT2D eigenvalue weighted by Gasteiger charge is 2.31. The number of anilines is 1. The van der Waals surface area contributed by atoms with Crippen molar-refractivity contribution in [3.05, 3.63) is 83.1 Å². The molecule has 1 fully saturated rings. The molecule has 0 saturated carbocycles. The molecular formula is C31H34N8O3. The molecular weight excluding hydrogens is 532 g/mol. The van der Waals surface area contributed by atoms with Gasteiger partial charge in [0.05, 0.1) is 5.69 Å². The highest BCUT2D eigenvalue weighted by atomic mass is 16.5. The first-order valence-corrected chi connectivity index (χ1v) is 13.8. The van der Waals surface area contributed by atoms with E-state index in [0.717, 1.165) is 0 Å². The number of nitrogens with two attached hydrogens (primary N) is 1. The van der Waals surface area contributed by atoms with Crippen LogP contribution in [0, 0.1) is 11.3 Å². The number of rotatable bonds is 7. The molecule has 5 rings (SSSR count). The minimum absolute atomic E-state index is 0.112. The molecule has 0 bridgehead atoms. The molecule has 1 aliphatic heterocycles.